The first kappa shape index (κ1) is 13.2. The summed E-state index contributed by atoms with van der Waals surface area (Å²) >= 11 is 0. The van der Waals surface area contributed by atoms with E-state index in [1.54, 1.807) is 30.3 Å². The molecule has 90 valence electrons. The number of benzene rings is 1. The number of aryl methyl sites for hydroxylation is 1. The van der Waals surface area contributed by atoms with Gasteiger partial charge >= 0.3 is 0 Å². The summed E-state index contributed by atoms with van der Waals surface area (Å²) in [6, 6.07) is 8.46. The molecule has 0 spiro atoms. The predicted molar refractivity (Wildman–Crippen MR) is 67.8 cm³/mol. The van der Waals surface area contributed by atoms with E-state index in [-0.39, 0.29) is 11.6 Å². The van der Waals surface area contributed by atoms with Crippen LogP contribution < -0.4 is 10.7 Å². The summed E-state index contributed by atoms with van der Waals surface area (Å²) in [5.41, 5.74) is 4.55. The van der Waals surface area contributed by atoms with E-state index in [0.29, 0.717) is 11.4 Å². The van der Waals surface area contributed by atoms with E-state index >= 15 is 0 Å². The normalized spacial score (nSPS) is 8.67. The van der Waals surface area contributed by atoms with E-state index in [4.69, 9.17) is 10.5 Å². The number of nitriles is 2. The molecule has 0 heterocycles. The molecule has 1 aromatic rings. The average molecular weight is 241 g/mol. The second kappa shape index (κ2) is 6.02. The van der Waals surface area contributed by atoms with Crippen LogP contribution in [0.25, 0.3) is 0 Å². The highest BCUT2D eigenvalue weighted by atomic mass is 16.1. The molecule has 1 aromatic carbocycles. The fraction of sp³-hybridized carbons (Fsp3) is 0.167. The van der Waals surface area contributed by atoms with Crippen molar-refractivity contribution in [1.29, 1.82) is 10.5 Å². The van der Waals surface area contributed by atoms with Gasteiger partial charge in [-0.3, -0.25) is 10.2 Å². The largest absolute Gasteiger partial charge is 0.326 e. The molecule has 0 atom stereocenters. The van der Waals surface area contributed by atoms with Gasteiger partial charge in [0.15, 0.2) is 0 Å². The Morgan fingerprint density at radius 2 is 2.00 bits per heavy atom. The molecule has 0 saturated carbocycles. The molecule has 0 fully saturated rings. The van der Waals surface area contributed by atoms with Crippen molar-refractivity contribution >= 4 is 23.0 Å². The molecular weight excluding hydrogens is 230 g/mol. The Bertz CT molecular complexity index is 561. The maximum atomic E-state index is 10.9. The van der Waals surface area contributed by atoms with Crippen molar-refractivity contribution in [1.82, 2.24) is 0 Å². The van der Waals surface area contributed by atoms with Crippen LogP contribution in [0.4, 0.5) is 11.4 Å². The Morgan fingerprint density at radius 3 is 2.50 bits per heavy atom. The van der Waals surface area contributed by atoms with E-state index in [0.717, 1.165) is 5.56 Å². The van der Waals surface area contributed by atoms with Gasteiger partial charge in [0.2, 0.25) is 11.6 Å². The molecule has 1 amide bonds. The van der Waals surface area contributed by atoms with Gasteiger partial charge in [-0.05, 0) is 30.7 Å². The van der Waals surface area contributed by atoms with Gasteiger partial charge in [-0.15, -0.1) is 0 Å². The first-order chi connectivity index (χ1) is 8.56. The molecule has 0 unspecified atom stereocenters. The summed E-state index contributed by atoms with van der Waals surface area (Å²) in [4.78, 5) is 10.9. The third kappa shape index (κ3) is 3.62. The Morgan fingerprint density at radius 1 is 1.33 bits per heavy atom. The highest BCUT2D eigenvalue weighted by Crippen LogP contribution is 2.19. The first-order valence-electron chi connectivity index (χ1n) is 5.09. The van der Waals surface area contributed by atoms with Gasteiger partial charge in [-0.1, -0.05) is 0 Å². The van der Waals surface area contributed by atoms with Crippen molar-refractivity contribution in [3.8, 4) is 12.1 Å². The van der Waals surface area contributed by atoms with Crippen molar-refractivity contribution in [2.24, 2.45) is 5.10 Å². The lowest BCUT2D eigenvalue weighted by atomic mass is 10.2. The third-order valence-corrected chi connectivity index (χ3v) is 2.05. The van der Waals surface area contributed by atoms with Crippen molar-refractivity contribution in [2.75, 3.05) is 10.7 Å². The molecule has 18 heavy (non-hydrogen) atoms. The minimum absolute atomic E-state index is 0.149. The van der Waals surface area contributed by atoms with Crippen LogP contribution >= 0.6 is 0 Å². The van der Waals surface area contributed by atoms with Crippen LogP contribution in [-0.2, 0) is 4.79 Å². The summed E-state index contributed by atoms with van der Waals surface area (Å²) in [6.07, 6.45) is 0. The van der Waals surface area contributed by atoms with Crippen LogP contribution in [0.15, 0.2) is 23.3 Å². The molecule has 2 N–H and O–H groups in total. The van der Waals surface area contributed by atoms with Crippen LogP contribution in [0.2, 0.25) is 0 Å². The van der Waals surface area contributed by atoms with Gasteiger partial charge in [0.05, 0.1) is 5.69 Å². The van der Waals surface area contributed by atoms with Crippen LogP contribution in [-0.4, -0.2) is 11.6 Å². The molecule has 0 aromatic heterocycles. The molecule has 0 aliphatic carbocycles. The quantitative estimate of drug-likeness (QED) is 0.621. The Hall–Kier alpha value is -2.86. The standard InChI is InChI=1S/C12H11N5O/c1-8-5-10(15-9(2)18)3-4-12(8)17-16-11(6-13)7-14/h3-5,17H,1-2H3,(H,15,18). The zero-order valence-electron chi connectivity index (χ0n) is 9.98. The number of carbonyl (C=O) groups excluding carboxylic acids is 1. The van der Waals surface area contributed by atoms with E-state index in [2.05, 4.69) is 15.8 Å². The highest BCUT2D eigenvalue weighted by Gasteiger charge is 2.01. The number of amides is 1. The number of carbonyl (C=O) groups is 1. The van der Waals surface area contributed by atoms with Crippen LogP contribution in [0, 0.1) is 29.6 Å². The maximum Gasteiger partial charge on any atom is 0.237 e. The first-order valence-corrected chi connectivity index (χ1v) is 5.09. The molecule has 6 nitrogen and oxygen atoms in total. The summed E-state index contributed by atoms with van der Waals surface area (Å²) < 4.78 is 0. The average Bonchev–Trinajstić information content (AvgIpc) is 2.32. The van der Waals surface area contributed by atoms with Gasteiger partial charge < -0.3 is 5.32 Å². The van der Waals surface area contributed by atoms with Crippen molar-refractivity contribution in [3.05, 3.63) is 23.8 Å². The lowest BCUT2D eigenvalue weighted by Crippen LogP contribution is -2.06. The van der Waals surface area contributed by atoms with Crippen molar-refractivity contribution in [2.45, 2.75) is 13.8 Å². The number of hydrogen-bond acceptors (Lipinski definition) is 5. The molecule has 6 heteroatoms. The second-order valence-electron chi connectivity index (χ2n) is 3.51. The van der Waals surface area contributed by atoms with Gasteiger partial charge in [-0.25, -0.2) is 0 Å². The fourth-order valence-electron chi connectivity index (χ4n) is 1.26. The number of nitrogens with zero attached hydrogens (tertiary/aromatic N) is 3. The summed E-state index contributed by atoms with van der Waals surface area (Å²) in [5.74, 6) is -0.149. The van der Waals surface area contributed by atoms with E-state index < -0.39 is 0 Å². The molecule has 0 radical (unpaired) electrons. The summed E-state index contributed by atoms with van der Waals surface area (Å²) in [7, 11) is 0. The molecule has 0 bridgehead atoms. The minimum atomic E-state index is -0.250. The van der Waals surface area contributed by atoms with Crippen molar-refractivity contribution in [3.63, 3.8) is 0 Å². The zero-order chi connectivity index (χ0) is 13.5. The predicted octanol–water partition coefficient (Wildman–Crippen LogP) is 1.77. The van der Waals surface area contributed by atoms with Crippen LogP contribution in [0.1, 0.15) is 12.5 Å². The van der Waals surface area contributed by atoms with Gasteiger partial charge in [0, 0.05) is 12.6 Å². The lowest BCUT2D eigenvalue weighted by molar-refractivity contribution is -0.114. The van der Waals surface area contributed by atoms with Gasteiger partial charge in [0.25, 0.3) is 0 Å². The zero-order valence-corrected chi connectivity index (χ0v) is 9.98. The fourth-order valence-corrected chi connectivity index (χ4v) is 1.26. The molecule has 1 rings (SSSR count). The van der Waals surface area contributed by atoms with E-state index in [9.17, 15) is 4.79 Å². The second-order valence-corrected chi connectivity index (χ2v) is 3.51. The molecular formula is C12H11N5O. The summed E-state index contributed by atoms with van der Waals surface area (Å²) in [5, 5.41) is 23.3. The van der Waals surface area contributed by atoms with E-state index in [1.165, 1.54) is 6.92 Å². The number of hydrogen-bond donors (Lipinski definition) is 2. The molecule has 0 aliphatic heterocycles. The SMILES string of the molecule is CC(=O)Nc1ccc(NN=C(C#N)C#N)c(C)c1. The van der Waals surface area contributed by atoms with E-state index in [1.807, 2.05) is 6.92 Å². The van der Waals surface area contributed by atoms with Gasteiger partial charge in [-0.2, -0.15) is 15.6 Å². The summed E-state index contributed by atoms with van der Waals surface area (Å²) in [6.45, 7) is 3.25. The molecule has 0 aliphatic rings. The number of anilines is 2. The monoisotopic (exact) mass is 241 g/mol. The highest BCUT2D eigenvalue weighted by molar-refractivity contribution is 6.10. The van der Waals surface area contributed by atoms with Crippen LogP contribution in [0.5, 0.6) is 0 Å². The van der Waals surface area contributed by atoms with Crippen LogP contribution in [0.3, 0.4) is 0 Å². The Kier molecular flexibility index (Phi) is 4.42. The number of rotatable bonds is 3. The van der Waals surface area contributed by atoms with Crippen molar-refractivity contribution < 1.29 is 4.79 Å². The topological polar surface area (TPSA) is 101 Å². The minimum Gasteiger partial charge on any atom is -0.326 e. The molecule has 0 saturated heterocycles. The number of nitrogens with one attached hydrogen (secondary N) is 2. The third-order valence-electron chi connectivity index (χ3n) is 2.05. The van der Waals surface area contributed by atoms with Gasteiger partial charge in [0.1, 0.15) is 12.1 Å². The Labute approximate surface area is 105 Å². The lowest BCUT2D eigenvalue weighted by Gasteiger charge is -2.07. The maximum absolute atomic E-state index is 10.9. The smallest absolute Gasteiger partial charge is 0.237 e. The Balaban J connectivity index is 2.88. The number of hydrazone groups is 1.